The van der Waals surface area contributed by atoms with E-state index < -0.39 is 23.8 Å². The topological polar surface area (TPSA) is 32.3 Å². The van der Waals surface area contributed by atoms with Crippen LogP contribution in [0.1, 0.15) is 12.8 Å². The van der Waals surface area contributed by atoms with Gasteiger partial charge in [-0.25, -0.2) is 17.6 Å². The Morgan fingerprint density at radius 3 is 2.00 bits per heavy atom. The minimum atomic E-state index is -2.73. The number of amides is 1. The quantitative estimate of drug-likeness (QED) is 0.418. The molecule has 0 aromatic heterocycles. The summed E-state index contributed by atoms with van der Waals surface area (Å²) in [5.74, 6) is -5.15. The van der Waals surface area contributed by atoms with Gasteiger partial charge in [-0.3, -0.25) is 4.79 Å². The van der Waals surface area contributed by atoms with Gasteiger partial charge < -0.3 is 10.2 Å². The molecule has 2 rings (SSSR count). The number of carbonyl (C=O) groups excluding carboxylic acids is 1. The van der Waals surface area contributed by atoms with Gasteiger partial charge in [0.25, 0.3) is 11.8 Å². The molecule has 2 heterocycles. The third-order valence-electron chi connectivity index (χ3n) is 2.47. The van der Waals surface area contributed by atoms with Crippen molar-refractivity contribution in [3.63, 3.8) is 0 Å². The molecule has 2 fully saturated rings. The standard InChI is InChI=1S/C5H6ClF2NO.C4H7F2N/c6-4(10)9-2-1-5(7,8)3-9;5-4(6)1-2-7-3-4/h1-3H2;7H,1-3H2. The normalized spacial score (nSPS) is 25.4. The van der Waals surface area contributed by atoms with Crippen molar-refractivity contribution in [2.75, 3.05) is 26.2 Å². The monoisotopic (exact) mass is 276 g/mol. The molecule has 17 heavy (non-hydrogen) atoms. The van der Waals surface area contributed by atoms with E-state index in [1.54, 1.807) is 0 Å². The first-order valence-corrected chi connectivity index (χ1v) is 5.50. The fourth-order valence-electron chi connectivity index (χ4n) is 1.52. The Hall–Kier alpha value is -0.560. The van der Waals surface area contributed by atoms with E-state index in [1.807, 2.05) is 0 Å². The van der Waals surface area contributed by atoms with Gasteiger partial charge in [0.2, 0.25) is 0 Å². The first kappa shape index (κ1) is 14.5. The number of carbonyl (C=O) groups is 1. The summed E-state index contributed by atoms with van der Waals surface area (Å²) < 4.78 is 48.4. The van der Waals surface area contributed by atoms with Crippen LogP contribution < -0.4 is 5.32 Å². The Morgan fingerprint density at radius 1 is 1.18 bits per heavy atom. The number of halogens is 5. The number of alkyl halides is 4. The molecule has 100 valence electrons. The second kappa shape index (κ2) is 5.39. The number of hydrogen-bond donors (Lipinski definition) is 1. The molecule has 2 aliphatic rings. The van der Waals surface area contributed by atoms with Crippen LogP contribution in [-0.4, -0.2) is 48.3 Å². The van der Waals surface area contributed by atoms with Crippen molar-refractivity contribution in [3.8, 4) is 0 Å². The van der Waals surface area contributed by atoms with Crippen LogP contribution in [0, 0.1) is 0 Å². The maximum Gasteiger partial charge on any atom is 0.316 e. The SMILES string of the molecule is FC1(F)CCNC1.O=C(Cl)N1CCC(F)(F)C1. The predicted octanol–water partition coefficient (Wildman–Crippen LogP) is 2.30. The van der Waals surface area contributed by atoms with Crippen molar-refractivity contribution in [1.29, 1.82) is 0 Å². The van der Waals surface area contributed by atoms with Crippen LogP contribution in [0.5, 0.6) is 0 Å². The molecule has 8 heteroatoms. The van der Waals surface area contributed by atoms with Crippen LogP contribution in [0.15, 0.2) is 0 Å². The summed E-state index contributed by atoms with van der Waals surface area (Å²) in [6.45, 7) is -0.134. The molecule has 1 amide bonds. The van der Waals surface area contributed by atoms with E-state index in [2.05, 4.69) is 5.32 Å². The number of hydrogen-bond acceptors (Lipinski definition) is 2. The molecule has 1 N–H and O–H groups in total. The molecule has 0 radical (unpaired) electrons. The average molecular weight is 277 g/mol. The van der Waals surface area contributed by atoms with Crippen molar-refractivity contribution in [2.24, 2.45) is 0 Å². The first-order valence-electron chi connectivity index (χ1n) is 5.13. The molecule has 0 aromatic carbocycles. The molecular formula is C9H13ClF4N2O. The van der Waals surface area contributed by atoms with Crippen molar-refractivity contribution < 1.29 is 22.4 Å². The van der Waals surface area contributed by atoms with Gasteiger partial charge >= 0.3 is 5.37 Å². The van der Waals surface area contributed by atoms with Crippen molar-refractivity contribution >= 4 is 17.0 Å². The fraction of sp³-hybridized carbons (Fsp3) is 0.889. The molecule has 0 saturated carbocycles. The van der Waals surface area contributed by atoms with Crippen molar-refractivity contribution in [1.82, 2.24) is 10.2 Å². The Morgan fingerprint density at radius 2 is 1.82 bits per heavy atom. The van der Waals surface area contributed by atoms with Crippen LogP contribution in [-0.2, 0) is 0 Å². The average Bonchev–Trinajstić information content (AvgIpc) is 2.72. The van der Waals surface area contributed by atoms with Crippen LogP contribution in [0.3, 0.4) is 0 Å². The summed E-state index contributed by atoms with van der Waals surface area (Å²) in [5.41, 5.74) is 0. The summed E-state index contributed by atoms with van der Waals surface area (Å²) >= 11 is 4.97. The zero-order chi connectivity index (χ0) is 13.1. The zero-order valence-electron chi connectivity index (χ0n) is 8.99. The molecule has 0 spiro atoms. The number of nitrogens with one attached hydrogen (secondary N) is 1. The molecule has 0 aromatic rings. The lowest BCUT2D eigenvalue weighted by atomic mass is 10.3. The summed E-state index contributed by atoms with van der Waals surface area (Å²) in [7, 11) is 0. The van der Waals surface area contributed by atoms with Crippen molar-refractivity contribution in [2.45, 2.75) is 24.7 Å². The van der Waals surface area contributed by atoms with E-state index in [9.17, 15) is 22.4 Å². The minimum Gasteiger partial charge on any atom is -0.323 e. The van der Waals surface area contributed by atoms with Gasteiger partial charge in [-0.15, -0.1) is 0 Å². The van der Waals surface area contributed by atoms with Gasteiger partial charge in [-0.2, -0.15) is 0 Å². The Bertz CT molecular complexity index is 280. The largest absolute Gasteiger partial charge is 0.323 e. The molecule has 0 unspecified atom stereocenters. The summed E-state index contributed by atoms with van der Waals surface area (Å²) in [5, 5.41) is 1.77. The highest BCUT2D eigenvalue weighted by Crippen LogP contribution is 2.27. The molecule has 0 atom stereocenters. The lowest BCUT2D eigenvalue weighted by Crippen LogP contribution is -2.26. The molecule has 0 aliphatic carbocycles. The second-order valence-electron chi connectivity index (χ2n) is 4.06. The van der Waals surface area contributed by atoms with E-state index in [0.29, 0.717) is 6.54 Å². The van der Waals surface area contributed by atoms with E-state index in [-0.39, 0.29) is 25.9 Å². The number of nitrogens with zero attached hydrogens (tertiary/aromatic N) is 1. The highest BCUT2D eigenvalue weighted by Gasteiger charge is 2.39. The van der Waals surface area contributed by atoms with Gasteiger partial charge in [0.1, 0.15) is 0 Å². The highest BCUT2D eigenvalue weighted by molar-refractivity contribution is 6.62. The zero-order valence-corrected chi connectivity index (χ0v) is 9.74. The molecule has 2 aliphatic heterocycles. The van der Waals surface area contributed by atoms with Gasteiger partial charge in [0, 0.05) is 25.9 Å². The van der Waals surface area contributed by atoms with Crippen LogP contribution >= 0.6 is 11.6 Å². The van der Waals surface area contributed by atoms with Crippen LogP contribution in [0.25, 0.3) is 0 Å². The number of rotatable bonds is 0. The maximum absolute atomic E-state index is 12.3. The third kappa shape index (κ3) is 5.08. The molecule has 3 nitrogen and oxygen atoms in total. The summed E-state index contributed by atoms with van der Waals surface area (Å²) in [4.78, 5) is 11.2. The van der Waals surface area contributed by atoms with Crippen LogP contribution in [0.2, 0.25) is 0 Å². The van der Waals surface area contributed by atoms with E-state index in [4.69, 9.17) is 11.6 Å². The molecular weight excluding hydrogens is 264 g/mol. The van der Waals surface area contributed by atoms with Crippen molar-refractivity contribution in [3.05, 3.63) is 0 Å². The van der Waals surface area contributed by atoms with Gasteiger partial charge in [-0.1, -0.05) is 0 Å². The highest BCUT2D eigenvalue weighted by atomic mass is 35.5. The van der Waals surface area contributed by atoms with Gasteiger partial charge in [-0.05, 0) is 11.6 Å². The van der Waals surface area contributed by atoms with E-state index in [1.165, 1.54) is 0 Å². The lowest BCUT2D eigenvalue weighted by Gasteiger charge is -2.10. The third-order valence-corrected chi connectivity index (χ3v) is 2.71. The maximum atomic E-state index is 12.3. The number of likely N-dealkylation sites (tertiary alicyclic amines) is 1. The predicted molar refractivity (Wildman–Crippen MR) is 54.8 cm³/mol. The lowest BCUT2D eigenvalue weighted by molar-refractivity contribution is 0.0162. The Balaban J connectivity index is 0.000000181. The van der Waals surface area contributed by atoms with E-state index in [0.717, 1.165) is 4.90 Å². The van der Waals surface area contributed by atoms with Gasteiger partial charge in [0.15, 0.2) is 0 Å². The smallest absolute Gasteiger partial charge is 0.316 e. The minimum absolute atomic E-state index is 0.00694. The van der Waals surface area contributed by atoms with Gasteiger partial charge in [0.05, 0.1) is 13.1 Å². The van der Waals surface area contributed by atoms with E-state index >= 15 is 0 Å². The fourth-order valence-corrected chi connectivity index (χ4v) is 1.66. The van der Waals surface area contributed by atoms with Crippen LogP contribution in [0.4, 0.5) is 22.4 Å². The first-order chi connectivity index (χ1) is 7.72. The summed E-state index contributed by atoms with van der Waals surface area (Å²) in [6.07, 6.45) is -0.265. The Labute approximate surface area is 101 Å². The molecule has 2 saturated heterocycles. The second-order valence-corrected chi connectivity index (χ2v) is 4.39. The molecule has 0 bridgehead atoms. The Kier molecular flexibility index (Phi) is 4.60. The summed E-state index contributed by atoms with van der Waals surface area (Å²) in [6, 6.07) is 0.